The van der Waals surface area contributed by atoms with Crippen LogP contribution in [0.5, 0.6) is 0 Å². The lowest BCUT2D eigenvalue weighted by molar-refractivity contribution is 0.277. The Hall–Kier alpha value is -0.580. The molecule has 1 heterocycles. The van der Waals surface area contributed by atoms with Gasteiger partial charge in [0.15, 0.2) is 0 Å². The first-order chi connectivity index (χ1) is 9.69. The number of hydrogen-bond acceptors (Lipinski definition) is 2. The van der Waals surface area contributed by atoms with Crippen molar-refractivity contribution in [2.45, 2.75) is 32.7 Å². The Kier molecular flexibility index (Phi) is 5.87. The normalized spacial score (nSPS) is 11.7. The lowest BCUT2D eigenvalue weighted by Crippen LogP contribution is -2.28. The van der Waals surface area contributed by atoms with E-state index in [-0.39, 0.29) is 0 Å². The molecule has 0 spiro atoms. The SMILES string of the molecule is CCCN(CC)CCn1c(CCl)nc2cc(Br)ccc21. The third-order valence-electron chi connectivity index (χ3n) is 3.54. The van der Waals surface area contributed by atoms with Gasteiger partial charge in [0, 0.05) is 17.6 Å². The zero-order valence-corrected chi connectivity index (χ0v) is 14.4. The molecule has 0 aliphatic rings. The van der Waals surface area contributed by atoms with Gasteiger partial charge in [-0.25, -0.2) is 4.98 Å². The Bertz CT molecular complexity index is 567. The molecule has 1 aromatic heterocycles. The van der Waals surface area contributed by atoms with E-state index < -0.39 is 0 Å². The van der Waals surface area contributed by atoms with E-state index >= 15 is 0 Å². The highest BCUT2D eigenvalue weighted by molar-refractivity contribution is 9.10. The minimum Gasteiger partial charge on any atom is -0.326 e. The number of hydrogen-bond donors (Lipinski definition) is 0. The molecule has 0 saturated heterocycles. The number of rotatable bonds is 7. The Morgan fingerprint density at radius 1 is 1.30 bits per heavy atom. The second-order valence-corrected chi connectivity index (χ2v) is 6.06. The Morgan fingerprint density at radius 3 is 2.75 bits per heavy atom. The number of likely N-dealkylation sites (N-methyl/N-ethyl adjacent to an activating group) is 1. The molecule has 0 aliphatic carbocycles. The van der Waals surface area contributed by atoms with Crippen LogP contribution in [0.2, 0.25) is 0 Å². The second kappa shape index (κ2) is 7.43. The molecule has 0 N–H and O–H groups in total. The average Bonchev–Trinajstić information content (AvgIpc) is 2.80. The molecule has 5 heteroatoms. The van der Waals surface area contributed by atoms with Crippen molar-refractivity contribution in [2.24, 2.45) is 0 Å². The molecule has 0 aliphatic heterocycles. The summed E-state index contributed by atoms with van der Waals surface area (Å²) in [5.74, 6) is 1.40. The maximum Gasteiger partial charge on any atom is 0.124 e. The molecule has 3 nitrogen and oxygen atoms in total. The summed E-state index contributed by atoms with van der Waals surface area (Å²) >= 11 is 9.54. The van der Waals surface area contributed by atoms with Gasteiger partial charge in [-0.1, -0.05) is 29.8 Å². The maximum absolute atomic E-state index is 6.05. The summed E-state index contributed by atoms with van der Waals surface area (Å²) in [5.41, 5.74) is 2.17. The highest BCUT2D eigenvalue weighted by Crippen LogP contribution is 2.21. The first-order valence-corrected chi connectivity index (χ1v) is 8.45. The van der Waals surface area contributed by atoms with E-state index in [2.05, 4.69) is 56.4 Å². The zero-order valence-electron chi connectivity index (χ0n) is 12.1. The van der Waals surface area contributed by atoms with E-state index in [9.17, 15) is 0 Å². The molecular formula is C15H21BrClN3. The number of halogens is 2. The van der Waals surface area contributed by atoms with Crippen molar-refractivity contribution in [3.63, 3.8) is 0 Å². The van der Waals surface area contributed by atoms with E-state index in [0.29, 0.717) is 5.88 Å². The van der Waals surface area contributed by atoms with Crippen molar-refractivity contribution in [1.29, 1.82) is 0 Å². The van der Waals surface area contributed by atoms with Crippen molar-refractivity contribution in [1.82, 2.24) is 14.5 Å². The van der Waals surface area contributed by atoms with Crippen LogP contribution in [0.1, 0.15) is 26.1 Å². The van der Waals surface area contributed by atoms with Crippen molar-refractivity contribution in [3.8, 4) is 0 Å². The van der Waals surface area contributed by atoms with Gasteiger partial charge >= 0.3 is 0 Å². The third kappa shape index (κ3) is 3.54. The van der Waals surface area contributed by atoms with Gasteiger partial charge in [-0.2, -0.15) is 0 Å². The fourth-order valence-electron chi connectivity index (χ4n) is 2.49. The zero-order chi connectivity index (χ0) is 14.5. The highest BCUT2D eigenvalue weighted by Gasteiger charge is 2.11. The van der Waals surface area contributed by atoms with E-state index in [0.717, 1.165) is 47.5 Å². The molecular weight excluding hydrogens is 338 g/mol. The van der Waals surface area contributed by atoms with Crippen LogP contribution < -0.4 is 0 Å². The van der Waals surface area contributed by atoms with Gasteiger partial charge in [0.25, 0.3) is 0 Å². The fourth-order valence-corrected chi connectivity index (χ4v) is 3.04. The lowest BCUT2D eigenvalue weighted by Gasteiger charge is -2.20. The number of fused-ring (bicyclic) bond motifs is 1. The number of alkyl halides is 1. The van der Waals surface area contributed by atoms with E-state index in [4.69, 9.17) is 11.6 Å². The molecule has 0 unspecified atom stereocenters. The molecule has 2 aromatic rings. The number of benzene rings is 1. The van der Waals surface area contributed by atoms with Gasteiger partial charge < -0.3 is 9.47 Å². The summed E-state index contributed by atoms with van der Waals surface area (Å²) in [6.45, 7) is 8.63. The fraction of sp³-hybridized carbons (Fsp3) is 0.533. The van der Waals surface area contributed by atoms with E-state index in [1.807, 2.05) is 6.07 Å². The Labute approximate surface area is 134 Å². The van der Waals surface area contributed by atoms with Gasteiger partial charge in [-0.05, 0) is 37.7 Å². The summed E-state index contributed by atoms with van der Waals surface area (Å²) in [6, 6.07) is 6.21. The first-order valence-electron chi connectivity index (χ1n) is 7.12. The first kappa shape index (κ1) is 15.8. The van der Waals surface area contributed by atoms with Gasteiger partial charge in [-0.15, -0.1) is 11.6 Å². The van der Waals surface area contributed by atoms with Gasteiger partial charge in [-0.3, -0.25) is 0 Å². The molecule has 0 atom stereocenters. The standard InChI is InChI=1S/C15H21BrClN3/c1-3-7-19(4-2)8-9-20-14-6-5-12(16)10-13(14)18-15(20)11-17/h5-6,10H,3-4,7-9,11H2,1-2H3. The predicted octanol–water partition coefficient (Wildman–Crippen LogP) is 4.27. The highest BCUT2D eigenvalue weighted by atomic mass is 79.9. The molecule has 110 valence electrons. The quantitative estimate of drug-likeness (QED) is 0.689. The lowest BCUT2D eigenvalue weighted by atomic mass is 10.3. The van der Waals surface area contributed by atoms with Crippen LogP contribution in [-0.2, 0) is 12.4 Å². The molecule has 1 aromatic carbocycles. The van der Waals surface area contributed by atoms with E-state index in [1.54, 1.807) is 0 Å². The van der Waals surface area contributed by atoms with Crippen LogP contribution in [0.25, 0.3) is 11.0 Å². The van der Waals surface area contributed by atoms with Crippen LogP contribution in [0.15, 0.2) is 22.7 Å². The minimum absolute atomic E-state index is 0.451. The Balaban J connectivity index is 2.23. The average molecular weight is 359 g/mol. The van der Waals surface area contributed by atoms with Crippen molar-refractivity contribution >= 4 is 38.6 Å². The molecule has 20 heavy (non-hydrogen) atoms. The van der Waals surface area contributed by atoms with Crippen LogP contribution >= 0.6 is 27.5 Å². The Morgan fingerprint density at radius 2 is 2.10 bits per heavy atom. The molecule has 0 bridgehead atoms. The van der Waals surface area contributed by atoms with Crippen molar-refractivity contribution < 1.29 is 0 Å². The van der Waals surface area contributed by atoms with Crippen molar-refractivity contribution in [3.05, 3.63) is 28.5 Å². The molecule has 0 saturated carbocycles. The van der Waals surface area contributed by atoms with Crippen LogP contribution in [0.3, 0.4) is 0 Å². The van der Waals surface area contributed by atoms with Gasteiger partial charge in [0.05, 0.1) is 16.9 Å². The van der Waals surface area contributed by atoms with Gasteiger partial charge in [0.2, 0.25) is 0 Å². The third-order valence-corrected chi connectivity index (χ3v) is 4.27. The van der Waals surface area contributed by atoms with Crippen molar-refractivity contribution in [2.75, 3.05) is 19.6 Å². The summed E-state index contributed by atoms with van der Waals surface area (Å²) in [5, 5.41) is 0. The maximum atomic E-state index is 6.05. The van der Waals surface area contributed by atoms with Crippen LogP contribution in [0.4, 0.5) is 0 Å². The number of nitrogens with zero attached hydrogens (tertiary/aromatic N) is 3. The van der Waals surface area contributed by atoms with E-state index in [1.165, 1.54) is 6.42 Å². The molecule has 0 radical (unpaired) electrons. The summed E-state index contributed by atoms with van der Waals surface area (Å²) in [6.07, 6.45) is 1.19. The number of imidazole rings is 1. The topological polar surface area (TPSA) is 21.1 Å². The minimum atomic E-state index is 0.451. The van der Waals surface area contributed by atoms with Crippen LogP contribution in [0, 0.1) is 0 Å². The monoisotopic (exact) mass is 357 g/mol. The predicted molar refractivity (Wildman–Crippen MR) is 89.4 cm³/mol. The summed E-state index contributed by atoms with van der Waals surface area (Å²) in [4.78, 5) is 7.09. The molecule has 0 fully saturated rings. The smallest absolute Gasteiger partial charge is 0.124 e. The molecule has 0 amide bonds. The summed E-state index contributed by atoms with van der Waals surface area (Å²) in [7, 11) is 0. The number of aromatic nitrogens is 2. The van der Waals surface area contributed by atoms with Gasteiger partial charge in [0.1, 0.15) is 5.82 Å². The molecule has 2 rings (SSSR count). The second-order valence-electron chi connectivity index (χ2n) is 4.88. The largest absolute Gasteiger partial charge is 0.326 e. The summed E-state index contributed by atoms with van der Waals surface area (Å²) < 4.78 is 3.30. The van der Waals surface area contributed by atoms with Crippen LogP contribution in [-0.4, -0.2) is 34.1 Å².